The summed E-state index contributed by atoms with van der Waals surface area (Å²) in [6.45, 7) is 14.4. The third kappa shape index (κ3) is 6.16. The van der Waals surface area contributed by atoms with Crippen molar-refractivity contribution in [3.05, 3.63) is 54.5 Å². The zero-order valence-corrected chi connectivity index (χ0v) is 24.6. The van der Waals surface area contributed by atoms with Crippen LogP contribution in [0.4, 0.5) is 4.79 Å². The van der Waals surface area contributed by atoms with Crippen LogP contribution in [0, 0.1) is 0 Å². The van der Waals surface area contributed by atoms with Gasteiger partial charge in [0.05, 0.1) is 16.7 Å². The molecular formula is C31H39BN4O4. The number of hydrogen-bond acceptors (Lipinski definition) is 6. The fraction of sp³-hybridized carbons (Fsp3) is 0.452. The van der Waals surface area contributed by atoms with E-state index in [1.807, 2.05) is 27.0 Å². The molecule has 1 aliphatic heterocycles. The zero-order valence-electron chi connectivity index (χ0n) is 24.6. The van der Waals surface area contributed by atoms with E-state index in [2.05, 4.69) is 90.4 Å². The Hall–Kier alpha value is -3.43. The molecule has 40 heavy (non-hydrogen) atoms. The average Bonchev–Trinajstić information content (AvgIpc) is 3.37. The predicted octanol–water partition coefficient (Wildman–Crippen LogP) is 5.92. The van der Waals surface area contributed by atoms with Crippen molar-refractivity contribution in [2.45, 2.75) is 84.5 Å². The van der Waals surface area contributed by atoms with E-state index in [4.69, 9.17) is 14.0 Å². The van der Waals surface area contributed by atoms with Crippen LogP contribution in [0.1, 0.15) is 67.1 Å². The molecule has 1 aliphatic rings. The van der Waals surface area contributed by atoms with Gasteiger partial charge in [0.25, 0.3) is 0 Å². The fourth-order valence-corrected chi connectivity index (χ4v) is 4.72. The summed E-state index contributed by atoms with van der Waals surface area (Å²) in [7, 11) is -0.378. The lowest BCUT2D eigenvalue weighted by molar-refractivity contribution is 0.00578. The van der Waals surface area contributed by atoms with Crippen LogP contribution in [0.25, 0.3) is 33.1 Å². The highest BCUT2D eigenvalue weighted by Crippen LogP contribution is 2.36. The van der Waals surface area contributed by atoms with Crippen LogP contribution in [0.5, 0.6) is 0 Å². The molecule has 4 aromatic rings. The molecule has 210 valence electrons. The van der Waals surface area contributed by atoms with Gasteiger partial charge in [0.1, 0.15) is 11.4 Å². The average molecular weight is 542 g/mol. The number of aromatic nitrogens is 3. The Labute approximate surface area is 236 Å². The van der Waals surface area contributed by atoms with Crippen molar-refractivity contribution in [1.82, 2.24) is 20.3 Å². The second kappa shape index (κ2) is 10.5. The van der Waals surface area contributed by atoms with E-state index in [1.54, 1.807) is 0 Å². The molecule has 0 unspecified atom stereocenters. The van der Waals surface area contributed by atoms with Crippen molar-refractivity contribution in [2.75, 3.05) is 6.54 Å². The molecule has 5 rings (SSSR count). The number of nitrogens with zero attached hydrogens (tertiary/aromatic N) is 2. The molecule has 2 aromatic heterocycles. The summed E-state index contributed by atoms with van der Waals surface area (Å²) in [6, 6.07) is 14.9. The Morgan fingerprint density at radius 2 is 1.68 bits per heavy atom. The minimum atomic E-state index is -0.490. The fourth-order valence-electron chi connectivity index (χ4n) is 4.72. The van der Waals surface area contributed by atoms with Gasteiger partial charge in [-0.3, -0.25) is 0 Å². The normalized spacial score (nSPS) is 16.5. The molecule has 1 amide bonds. The van der Waals surface area contributed by atoms with Crippen LogP contribution >= 0.6 is 0 Å². The summed E-state index contributed by atoms with van der Waals surface area (Å²) < 4.78 is 17.7. The summed E-state index contributed by atoms with van der Waals surface area (Å²) in [6.07, 6.45) is 4.00. The molecule has 9 heteroatoms. The van der Waals surface area contributed by atoms with Crippen molar-refractivity contribution in [3.8, 4) is 11.1 Å². The smallest absolute Gasteiger partial charge is 0.444 e. The van der Waals surface area contributed by atoms with Crippen LogP contribution < -0.4 is 10.8 Å². The predicted molar refractivity (Wildman–Crippen MR) is 160 cm³/mol. The van der Waals surface area contributed by atoms with Gasteiger partial charge in [0.15, 0.2) is 5.65 Å². The van der Waals surface area contributed by atoms with Gasteiger partial charge in [-0.25, -0.2) is 14.8 Å². The molecule has 0 radical (unpaired) electrons. The lowest BCUT2D eigenvalue weighted by Crippen LogP contribution is -2.41. The summed E-state index contributed by atoms with van der Waals surface area (Å²) in [5.74, 6) is 0.894. The van der Waals surface area contributed by atoms with Crippen LogP contribution in [0.2, 0.25) is 0 Å². The van der Waals surface area contributed by atoms with Gasteiger partial charge in [-0.15, -0.1) is 0 Å². The number of unbranched alkanes of at least 4 members (excludes halogenated alkanes) is 1. The topological polar surface area (TPSA) is 98.4 Å². The standard InChI is InChI=1S/C31H39BN4O4/c1-29(2,3)38-28(37)33-15-9-8-10-26-35-25-18-23(19-34-27(25)36-26)21-11-12-22-17-24(14-13-20(22)16-21)32-39-30(4,5)31(6,7)40-32/h11-14,16-19H,8-10,15H2,1-7H3,(H,33,37)(H,34,35,36). The van der Waals surface area contributed by atoms with E-state index in [0.717, 1.165) is 58.0 Å². The number of carbonyl (C=O) groups is 1. The molecule has 8 nitrogen and oxygen atoms in total. The van der Waals surface area contributed by atoms with Crippen molar-refractivity contribution >= 4 is 40.6 Å². The van der Waals surface area contributed by atoms with Crippen molar-refractivity contribution in [2.24, 2.45) is 0 Å². The number of pyridine rings is 1. The maximum atomic E-state index is 11.8. The number of rotatable bonds is 7. The SMILES string of the molecule is CC(C)(C)OC(=O)NCCCCc1nc2ncc(-c3ccc4cc(B5OC(C)(C)C(C)(C)O5)ccc4c3)cc2[nH]1. The molecule has 3 heterocycles. The van der Waals surface area contributed by atoms with E-state index in [0.29, 0.717) is 12.2 Å². The van der Waals surface area contributed by atoms with E-state index in [-0.39, 0.29) is 24.4 Å². The van der Waals surface area contributed by atoms with E-state index < -0.39 is 5.60 Å². The van der Waals surface area contributed by atoms with Gasteiger partial charge in [-0.1, -0.05) is 30.3 Å². The number of aryl methyl sites for hydroxylation is 1. The molecule has 0 aliphatic carbocycles. The summed E-state index contributed by atoms with van der Waals surface area (Å²) in [5.41, 5.74) is 3.54. The number of ether oxygens (including phenoxy) is 1. The number of amides is 1. The van der Waals surface area contributed by atoms with E-state index in [9.17, 15) is 4.79 Å². The largest absolute Gasteiger partial charge is 0.494 e. The summed E-state index contributed by atoms with van der Waals surface area (Å²) >= 11 is 0. The van der Waals surface area contributed by atoms with Crippen LogP contribution in [0.3, 0.4) is 0 Å². The number of alkyl carbamates (subject to hydrolysis) is 1. The molecule has 0 bridgehead atoms. The number of carbonyl (C=O) groups excluding carboxylic acids is 1. The minimum Gasteiger partial charge on any atom is -0.444 e. The first-order chi connectivity index (χ1) is 18.8. The first kappa shape index (κ1) is 28.1. The highest BCUT2D eigenvalue weighted by Gasteiger charge is 2.51. The summed E-state index contributed by atoms with van der Waals surface area (Å²) in [5, 5.41) is 5.07. The lowest BCUT2D eigenvalue weighted by atomic mass is 9.78. The number of fused-ring (bicyclic) bond motifs is 2. The molecular weight excluding hydrogens is 503 g/mol. The lowest BCUT2D eigenvalue weighted by Gasteiger charge is -2.32. The zero-order chi connectivity index (χ0) is 28.7. The van der Waals surface area contributed by atoms with Gasteiger partial charge >= 0.3 is 13.2 Å². The Balaban J connectivity index is 1.23. The number of benzene rings is 2. The maximum Gasteiger partial charge on any atom is 0.494 e. The highest BCUT2D eigenvalue weighted by atomic mass is 16.7. The number of imidazole rings is 1. The second-order valence-corrected chi connectivity index (χ2v) is 12.6. The van der Waals surface area contributed by atoms with Gasteiger partial charge in [-0.05, 0) is 95.2 Å². The van der Waals surface area contributed by atoms with Gasteiger partial charge in [0, 0.05) is 24.7 Å². The molecule has 2 N–H and O–H groups in total. The van der Waals surface area contributed by atoms with Crippen LogP contribution in [-0.4, -0.2) is 51.5 Å². The number of hydrogen-bond donors (Lipinski definition) is 2. The number of aromatic amines is 1. The second-order valence-electron chi connectivity index (χ2n) is 12.6. The van der Waals surface area contributed by atoms with Crippen molar-refractivity contribution in [3.63, 3.8) is 0 Å². The highest BCUT2D eigenvalue weighted by molar-refractivity contribution is 6.62. The quantitative estimate of drug-likeness (QED) is 0.222. The van der Waals surface area contributed by atoms with Gasteiger partial charge < -0.3 is 24.3 Å². The van der Waals surface area contributed by atoms with Gasteiger partial charge in [0.2, 0.25) is 0 Å². The molecule has 0 saturated carbocycles. The molecule has 1 saturated heterocycles. The molecule has 0 spiro atoms. The maximum absolute atomic E-state index is 11.8. The monoisotopic (exact) mass is 542 g/mol. The van der Waals surface area contributed by atoms with Crippen molar-refractivity contribution in [1.29, 1.82) is 0 Å². The Kier molecular flexibility index (Phi) is 7.40. The third-order valence-electron chi connectivity index (χ3n) is 7.62. The molecule has 1 fully saturated rings. The van der Waals surface area contributed by atoms with E-state index in [1.165, 1.54) is 0 Å². The Bertz CT molecular complexity index is 1520. The van der Waals surface area contributed by atoms with Gasteiger partial charge in [-0.2, -0.15) is 0 Å². The number of nitrogens with one attached hydrogen (secondary N) is 2. The van der Waals surface area contributed by atoms with Crippen molar-refractivity contribution < 1.29 is 18.8 Å². The summed E-state index contributed by atoms with van der Waals surface area (Å²) in [4.78, 5) is 24.4. The first-order valence-electron chi connectivity index (χ1n) is 14.0. The van der Waals surface area contributed by atoms with E-state index >= 15 is 0 Å². The molecule has 2 aromatic carbocycles. The third-order valence-corrected chi connectivity index (χ3v) is 7.62. The Morgan fingerprint density at radius 1 is 0.975 bits per heavy atom. The van der Waals surface area contributed by atoms with Crippen LogP contribution in [-0.2, 0) is 20.5 Å². The molecule has 0 atom stereocenters. The number of H-pyrrole nitrogens is 1. The van der Waals surface area contributed by atoms with Crippen LogP contribution in [0.15, 0.2) is 48.7 Å². The Morgan fingerprint density at radius 3 is 2.40 bits per heavy atom. The first-order valence-corrected chi connectivity index (χ1v) is 14.0. The minimum absolute atomic E-state index is 0.367.